The predicted molar refractivity (Wildman–Crippen MR) is 85.9 cm³/mol. The van der Waals surface area contributed by atoms with Crippen molar-refractivity contribution in [3.63, 3.8) is 0 Å². The molecule has 0 amide bonds. The Morgan fingerprint density at radius 2 is 2.00 bits per heavy atom. The number of rotatable bonds is 7. The first-order valence-corrected chi connectivity index (χ1v) is 7.03. The summed E-state index contributed by atoms with van der Waals surface area (Å²) in [7, 11) is 4.18. The van der Waals surface area contributed by atoms with E-state index in [1.165, 1.54) is 0 Å². The first kappa shape index (κ1) is 15.9. The van der Waals surface area contributed by atoms with Gasteiger partial charge in [0.2, 0.25) is 0 Å². The molecule has 4 nitrogen and oxygen atoms in total. The Labute approximate surface area is 121 Å². The van der Waals surface area contributed by atoms with E-state index in [0.29, 0.717) is 4.99 Å². The van der Waals surface area contributed by atoms with Crippen molar-refractivity contribution < 1.29 is 0 Å². The fourth-order valence-corrected chi connectivity index (χ4v) is 2.09. The summed E-state index contributed by atoms with van der Waals surface area (Å²) < 4.78 is 0. The molecule has 0 aliphatic heterocycles. The molecule has 1 rings (SSSR count). The third-order valence-corrected chi connectivity index (χ3v) is 3.20. The van der Waals surface area contributed by atoms with Gasteiger partial charge in [-0.3, -0.25) is 0 Å². The van der Waals surface area contributed by atoms with Crippen LogP contribution >= 0.6 is 12.2 Å². The van der Waals surface area contributed by atoms with E-state index in [4.69, 9.17) is 18.0 Å². The molecule has 0 radical (unpaired) electrons. The number of hydrogen-bond donors (Lipinski definition) is 1. The Balaban J connectivity index is 2.82. The number of thiocarbonyl (C=S) groups is 1. The maximum absolute atomic E-state index is 5.71. The summed E-state index contributed by atoms with van der Waals surface area (Å²) in [5.41, 5.74) is 7.55. The minimum Gasteiger partial charge on any atom is -0.389 e. The maximum Gasteiger partial charge on any atom is 0.129 e. The van der Waals surface area contributed by atoms with Crippen LogP contribution in [0.15, 0.2) is 12.1 Å². The molecule has 1 aromatic rings. The largest absolute Gasteiger partial charge is 0.389 e. The van der Waals surface area contributed by atoms with Crippen molar-refractivity contribution in [1.29, 1.82) is 0 Å². The van der Waals surface area contributed by atoms with Crippen LogP contribution in [0.3, 0.4) is 0 Å². The van der Waals surface area contributed by atoms with Crippen molar-refractivity contribution in [2.24, 2.45) is 5.73 Å². The van der Waals surface area contributed by atoms with Crippen LogP contribution in [0.2, 0.25) is 0 Å². The van der Waals surface area contributed by atoms with Gasteiger partial charge in [0, 0.05) is 24.3 Å². The zero-order valence-electron chi connectivity index (χ0n) is 12.3. The van der Waals surface area contributed by atoms with Crippen molar-refractivity contribution in [2.75, 3.05) is 38.6 Å². The summed E-state index contributed by atoms with van der Waals surface area (Å²) in [6, 6.07) is 3.91. The smallest absolute Gasteiger partial charge is 0.129 e. The first-order chi connectivity index (χ1) is 8.93. The van der Waals surface area contributed by atoms with Crippen LogP contribution < -0.4 is 10.6 Å². The molecular formula is C14H24N4S. The highest BCUT2D eigenvalue weighted by Gasteiger charge is 2.09. The van der Waals surface area contributed by atoms with Gasteiger partial charge in [-0.2, -0.15) is 0 Å². The van der Waals surface area contributed by atoms with E-state index in [9.17, 15) is 0 Å². The first-order valence-electron chi connectivity index (χ1n) is 6.62. The highest BCUT2D eigenvalue weighted by atomic mass is 32.1. The Morgan fingerprint density at radius 1 is 1.32 bits per heavy atom. The van der Waals surface area contributed by atoms with Gasteiger partial charge in [-0.25, -0.2) is 4.98 Å². The Bertz CT molecular complexity index is 431. The summed E-state index contributed by atoms with van der Waals surface area (Å²) in [6.07, 6.45) is 1.11. The Hall–Kier alpha value is -1.20. The highest BCUT2D eigenvalue weighted by Crippen LogP contribution is 2.15. The van der Waals surface area contributed by atoms with Crippen LogP contribution in [0, 0.1) is 6.92 Å². The van der Waals surface area contributed by atoms with E-state index in [-0.39, 0.29) is 0 Å². The maximum atomic E-state index is 5.71. The number of nitrogens with zero attached hydrogens (tertiary/aromatic N) is 3. The lowest BCUT2D eigenvalue weighted by Gasteiger charge is -2.23. The highest BCUT2D eigenvalue weighted by molar-refractivity contribution is 7.80. The van der Waals surface area contributed by atoms with E-state index in [2.05, 4.69) is 35.8 Å². The lowest BCUT2D eigenvalue weighted by atomic mass is 10.2. The van der Waals surface area contributed by atoms with Gasteiger partial charge in [0.15, 0.2) is 0 Å². The quantitative estimate of drug-likeness (QED) is 0.772. The fourth-order valence-electron chi connectivity index (χ4n) is 1.97. The van der Waals surface area contributed by atoms with Crippen LogP contribution in [-0.4, -0.2) is 48.6 Å². The zero-order valence-corrected chi connectivity index (χ0v) is 13.1. The molecule has 1 heterocycles. The van der Waals surface area contributed by atoms with Crippen molar-refractivity contribution >= 4 is 23.0 Å². The van der Waals surface area contributed by atoms with Gasteiger partial charge in [0.1, 0.15) is 10.8 Å². The molecule has 0 aliphatic carbocycles. The molecule has 0 aromatic carbocycles. The molecule has 0 saturated heterocycles. The molecule has 0 saturated carbocycles. The number of aryl methyl sites for hydroxylation is 1. The third-order valence-electron chi connectivity index (χ3n) is 2.96. The Morgan fingerprint density at radius 3 is 2.53 bits per heavy atom. The van der Waals surface area contributed by atoms with E-state index >= 15 is 0 Å². The van der Waals surface area contributed by atoms with E-state index in [0.717, 1.165) is 43.1 Å². The summed E-state index contributed by atoms with van der Waals surface area (Å²) in [6.45, 7) is 7.10. The molecule has 1 aromatic heterocycles. The van der Waals surface area contributed by atoms with Gasteiger partial charge < -0.3 is 15.5 Å². The number of anilines is 1. The monoisotopic (exact) mass is 280 g/mol. The summed E-state index contributed by atoms with van der Waals surface area (Å²) >= 11 is 5.05. The minimum atomic E-state index is 0.427. The molecule has 2 N–H and O–H groups in total. The van der Waals surface area contributed by atoms with E-state index in [1.54, 1.807) is 0 Å². The predicted octanol–water partition coefficient (Wildman–Crippen LogP) is 1.80. The number of aromatic nitrogens is 1. The van der Waals surface area contributed by atoms with Gasteiger partial charge in [0.05, 0.1) is 0 Å². The van der Waals surface area contributed by atoms with Crippen LogP contribution in [0.5, 0.6) is 0 Å². The van der Waals surface area contributed by atoms with E-state index in [1.807, 2.05) is 19.1 Å². The summed E-state index contributed by atoms with van der Waals surface area (Å²) in [4.78, 5) is 9.46. The molecular weight excluding hydrogens is 256 g/mol. The third kappa shape index (κ3) is 5.12. The van der Waals surface area contributed by atoms with E-state index < -0.39 is 0 Å². The van der Waals surface area contributed by atoms with Crippen LogP contribution in [0.25, 0.3) is 0 Å². The molecule has 0 atom stereocenters. The SMILES string of the molecule is CCN(CCCN(C)C)c1cc(C(N)=S)cc(C)n1. The topological polar surface area (TPSA) is 45.4 Å². The van der Waals surface area contributed by atoms with Gasteiger partial charge in [-0.05, 0) is 53.0 Å². The standard InChI is InChI=1S/C14H24N4S/c1-5-18(8-6-7-17(3)4)13-10-12(14(15)19)9-11(2)16-13/h9-10H,5-8H2,1-4H3,(H2,15,19). The number of pyridine rings is 1. The molecule has 5 heteroatoms. The second-order valence-corrected chi connectivity index (χ2v) is 5.40. The second kappa shape index (κ2) is 7.40. The molecule has 0 unspecified atom stereocenters. The molecule has 0 aliphatic rings. The van der Waals surface area contributed by atoms with Crippen molar-refractivity contribution in [3.05, 3.63) is 23.4 Å². The van der Waals surface area contributed by atoms with Crippen LogP contribution in [0.1, 0.15) is 24.6 Å². The zero-order chi connectivity index (χ0) is 14.4. The Kier molecular flexibility index (Phi) is 6.18. The second-order valence-electron chi connectivity index (χ2n) is 4.96. The van der Waals surface area contributed by atoms with Gasteiger partial charge in [-0.1, -0.05) is 12.2 Å². The van der Waals surface area contributed by atoms with Gasteiger partial charge in [0.25, 0.3) is 0 Å². The fraction of sp³-hybridized carbons (Fsp3) is 0.571. The van der Waals surface area contributed by atoms with Gasteiger partial charge in [-0.15, -0.1) is 0 Å². The summed E-state index contributed by atoms with van der Waals surface area (Å²) in [5, 5.41) is 0. The molecule has 0 bridgehead atoms. The average Bonchev–Trinajstić information content (AvgIpc) is 2.33. The molecule has 106 valence electrons. The van der Waals surface area contributed by atoms with Crippen molar-refractivity contribution in [3.8, 4) is 0 Å². The number of nitrogens with two attached hydrogens (primary N) is 1. The summed E-state index contributed by atoms with van der Waals surface area (Å²) in [5.74, 6) is 0.962. The van der Waals surface area contributed by atoms with Crippen LogP contribution in [-0.2, 0) is 0 Å². The average molecular weight is 280 g/mol. The van der Waals surface area contributed by atoms with Crippen LogP contribution in [0.4, 0.5) is 5.82 Å². The van der Waals surface area contributed by atoms with Crippen molar-refractivity contribution in [2.45, 2.75) is 20.3 Å². The van der Waals surface area contributed by atoms with Crippen molar-refractivity contribution in [1.82, 2.24) is 9.88 Å². The minimum absolute atomic E-state index is 0.427. The lowest BCUT2D eigenvalue weighted by molar-refractivity contribution is 0.400. The molecule has 0 fully saturated rings. The molecule has 19 heavy (non-hydrogen) atoms. The normalized spacial score (nSPS) is 10.8. The number of hydrogen-bond acceptors (Lipinski definition) is 4. The lowest BCUT2D eigenvalue weighted by Crippen LogP contribution is -2.28. The van der Waals surface area contributed by atoms with Gasteiger partial charge >= 0.3 is 0 Å². The molecule has 0 spiro atoms.